The number of halogens is 4. The number of hydrogen-bond donors (Lipinski definition) is 2. The molecule has 3 nitrogen and oxygen atoms in total. The van der Waals surface area contributed by atoms with Gasteiger partial charge in [-0.05, 0) is 18.2 Å². The van der Waals surface area contributed by atoms with Gasteiger partial charge in [-0.1, -0.05) is 40.9 Å². The van der Waals surface area contributed by atoms with Crippen LogP contribution in [0.4, 0.5) is 10.1 Å². The van der Waals surface area contributed by atoms with Gasteiger partial charge in [-0.25, -0.2) is 4.39 Å². The average molecular weight is 300 g/mol. The van der Waals surface area contributed by atoms with Crippen LogP contribution in [-0.2, 0) is 4.79 Å². The van der Waals surface area contributed by atoms with E-state index in [0.29, 0.717) is 5.69 Å². The Labute approximate surface area is 113 Å². The Morgan fingerprint density at radius 2 is 2.06 bits per heavy atom. The molecule has 0 saturated carbocycles. The van der Waals surface area contributed by atoms with Crippen LogP contribution in [0.1, 0.15) is 6.92 Å². The van der Waals surface area contributed by atoms with Crippen molar-refractivity contribution in [1.82, 2.24) is 5.32 Å². The first-order chi connectivity index (χ1) is 7.79. The highest BCUT2D eigenvalue weighted by atomic mass is 35.6. The number of hydrogen-bond acceptors (Lipinski definition) is 2. The van der Waals surface area contributed by atoms with Gasteiger partial charge in [-0.15, -0.1) is 0 Å². The zero-order valence-corrected chi connectivity index (χ0v) is 11.1. The normalized spacial score (nSPS) is 13.0. The van der Waals surface area contributed by atoms with Crippen molar-refractivity contribution in [3.8, 4) is 0 Å². The van der Waals surface area contributed by atoms with Crippen LogP contribution in [0, 0.1) is 5.82 Å². The molecule has 1 aromatic rings. The number of benzene rings is 1. The van der Waals surface area contributed by atoms with Crippen molar-refractivity contribution in [2.75, 3.05) is 5.32 Å². The Hall–Kier alpha value is -0.710. The van der Waals surface area contributed by atoms with Gasteiger partial charge >= 0.3 is 0 Å². The van der Waals surface area contributed by atoms with E-state index in [9.17, 15) is 9.18 Å². The molecule has 0 aliphatic carbocycles. The number of nitrogens with one attached hydrogen (secondary N) is 2. The van der Waals surface area contributed by atoms with E-state index in [2.05, 4.69) is 10.6 Å². The Balaban J connectivity index is 2.83. The second kappa shape index (κ2) is 5.76. The van der Waals surface area contributed by atoms with E-state index in [-0.39, 0.29) is 5.91 Å². The third-order valence-corrected chi connectivity index (χ3v) is 2.47. The Bertz CT molecular complexity index is 409. The van der Waals surface area contributed by atoms with E-state index < -0.39 is 15.8 Å². The highest BCUT2D eigenvalue weighted by Gasteiger charge is 2.33. The number of rotatable bonds is 3. The average Bonchev–Trinajstić information content (AvgIpc) is 2.14. The maximum Gasteiger partial charge on any atom is 0.228 e. The summed E-state index contributed by atoms with van der Waals surface area (Å²) >= 11 is 17.1. The van der Waals surface area contributed by atoms with E-state index in [4.69, 9.17) is 34.8 Å². The van der Waals surface area contributed by atoms with Crippen molar-refractivity contribution in [3.63, 3.8) is 0 Å². The zero-order valence-electron chi connectivity index (χ0n) is 8.81. The molecule has 0 bridgehead atoms. The van der Waals surface area contributed by atoms with Gasteiger partial charge in [0, 0.05) is 12.6 Å². The van der Waals surface area contributed by atoms with Gasteiger partial charge in [-0.2, -0.15) is 0 Å². The van der Waals surface area contributed by atoms with Crippen molar-refractivity contribution < 1.29 is 9.18 Å². The number of alkyl halides is 3. The van der Waals surface area contributed by atoms with Crippen LogP contribution in [0.2, 0.25) is 0 Å². The fourth-order valence-corrected chi connectivity index (χ4v) is 1.48. The molecule has 0 aromatic heterocycles. The smallest absolute Gasteiger partial charge is 0.228 e. The number of carbonyl (C=O) groups is 1. The topological polar surface area (TPSA) is 41.1 Å². The molecule has 1 rings (SSSR count). The molecule has 0 radical (unpaired) electrons. The molecular weight excluding hydrogens is 289 g/mol. The van der Waals surface area contributed by atoms with Crippen molar-refractivity contribution in [2.24, 2.45) is 0 Å². The first-order valence-electron chi connectivity index (χ1n) is 4.65. The lowest BCUT2D eigenvalue weighted by Gasteiger charge is -2.26. The molecule has 0 aliphatic rings. The van der Waals surface area contributed by atoms with Gasteiger partial charge < -0.3 is 10.6 Å². The summed E-state index contributed by atoms with van der Waals surface area (Å²) in [6.45, 7) is 1.29. The van der Waals surface area contributed by atoms with E-state index in [1.54, 1.807) is 6.07 Å². The van der Waals surface area contributed by atoms with Crippen LogP contribution in [-0.4, -0.2) is 15.9 Å². The van der Waals surface area contributed by atoms with Gasteiger partial charge in [0.2, 0.25) is 9.70 Å². The number of amides is 1. The number of carbonyl (C=O) groups excluding carboxylic acids is 1. The summed E-state index contributed by atoms with van der Waals surface area (Å²) < 4.78 is 11.2. The SMILES string of the molecule is CC(=O)N[C@@H](Nc1cccc(F)c1)C(Cl)(Cl)Cl. The molecule has 0 spiro atoms. The Kier molecular flexibility index (Phi) is 4.86. The second-order valence-electron chi connectivity index (χ2n) is 3.33. The van der Waals surface area contributed by atoms with Crippen molar-refractivity contribution in [1.29, 1.82) is 0 Å². The minimum absolute atomic E-state index is 0.370. The van der Waals surface area contributed by atoms with E-state index in [1.807, 2.05) is 0 Å². The first-order valence-corrected chi connectivity index (χ1v) is 5.78. The van der Waals surface area contributed by atoms with Crippen LogP contribution in [0.15, 0.2) is 24.3 Å². The second-order valence-corrected chi connectivity index (χ2v) is 5.70. The molecule has 7 heteroatoms. The maximum absolute atomic E-state index is 13.0. The minimum atomic E-state index is -1.75. The van der Waals surface area contributed by atoms with Gasteiger partial charge in [0.25, 0.3) is 0 Å². The molecule has 0 heterocycles. The lowest BCUT2D eigenvalue weighted by Crippen LogP contribution is -2.48. The van der Waals surface area contributed by atoms with Crippen LogP contribution >= 0.6 is 34.8 Å². The largest absolute Gasteiger partial charge is 0.362 e. The Morgan fingerprint density at radius 3 is 2.53 bits per heavy atom. The summed E-state index contributed by atoms with van der Waals surface area (Å²) in [6, 6.07) is 5.61. The van der Waals surface area contributed by atoms with Gasteiger partial charge in [0.15, 0.2) is 0 Å². The molecule has 1 amide bonds. The van der Waals surface area contributed by atoms with E-state index in [0.717, 1.165) is 0 Å². The summed E-state index contributed by atoms with van der Waals surface area (Å²) in [5, 5.41) is 5.14. The minimum Gasteiger partial charge on any atom is -0.362 e. The van der Waals surface area contributed by atoms with E-state index >= 15 is 0 Å². The van der Waals surface area contributed by atoms with Crippen LogP contribution < -0.4 is 10.6 Å². The highest BCUT2D eigenvalue weighted by Crippen LogP contribution is 2.31. The molecule has 0 fully saturated rings. The monoisotopic (exact) mass is 298 g/mol. The van der Waals surface area contributed by atoms with Gasteiger partial charge in [-0.3, -0.25) is 4.79 Å². The van der Waals surface area contributed by atoms with Crippen LogP contribution in [0.25, 0.3) is 0 Å². The van der Waals surface area contributed by atoms with Crippen molar-refractivity contribution >= 4 is 46.4 Å². The predicted molar refractivity (Wildman–Crippen MR) is 67.9 cm³/mol. The summed E-state index contributed by atoms with van der Waals surface area (Å²) in [7, 11) is 0. The fourth-order valence-electron chi connectivity index (χ4n) is 1.15. The quantitative estimate of drug-likeness (QED) is 0.665. The predicted octanol–water partition coefficient (Wildman–Crippen LogP) is 3.07. The molecule has 94 valence electrons. The number of anilines is 1. The Morgan fingerprint density at radius 1 is 1.41 bits per heavy atom. The highest BCUT2D eigenvalue weighted by molar-refractivity contribution is 6.68. The standard InChI is InChI=1S/C10H10Cl3FN2O/c1-6(17)15-9(10(11,12)13)16-8-4-2-3-7(14)5-8/h2-5,9,16H,1H3,(H,15,17)/t9-/m0/s1. The molecule has 1 aromatic carbocycles. The van der Waals surface area contributed by atoms with Crippen molar-refractivity contribution in [3.05, 3.63) is 30.1 Å². The maximum atomic E-state index is 13.0. The summed E-state index contributed by atoms with van der Waals surface area (Å²) in [4.78, 5) is 11.0. The summed E-state index contributed by atoms with van der Waals surface area (Å²) in [6.07, 6.45) is -0.952. The lowest BCUT2D eigenvalue weighted by atomic mass is 10.3. The zero-order chi connectivity index (χ0) is 13.1. The molecular formula is C10H10Cl3FN2O. The van der Waals surface area contributed by atoms with Gasteiger partial charge in [0.1, 0.15) is 12.0 Å². The summed E-state index contributed by atoms with van der Waals surface area (Å²) in [5.74, 6) is -0.800. The molecule has 0 unspecified atom stereocenters. The molecule has 0 saturated heterocycles. The third-order valence-electron chi connectivity index (χ3n) is 1.81. The fraction of sp³-hybridized carbons (Fsp3) is 0.300. The van der Waals surface area contributed by atoms with Crippen LogP contribution in [0.5, 0.6) is 0 Å². The third kappa shape index (κ3) is 4.98. The van der Waals surface area contributed by atoms with Gasteiger partial charge in [0.05, 0.1) is 0 Å². The molecule has 2 N–H and O–H groups in total. The lowest BCUT2D eigenvalue weighted by molar-refractivity contribution is -0.119. The molecule has 0 aliphatic heterocycles. The van der Waals surface area contributed by atoms with Crippen LogP contribution in [0.3, 0.4) is 0 Å². The molecule has 1 atom stereocenters. The summed E-state index contributed by atoms with van der Waals surface area (Å²) in [5.41, 5.74) is 0.398. The van der Waals surface area contributed by atoms with Crippen molar-refractivity contribution in [2.45, 2.75) is 16.9 Å². The first kappa shape index (κ1) is 14.4. The van der Waals surface area contributed by atoms with E-state index in [1.165, 1.54) is 25.1 Å². The molecule has 17 heavy (non-hydrogen) atoms.